The largest absolute Gasteiger partial charge is 0.282 e. The Labute approximate surface area is 174 Å². The molecule has 2 heterocycles. The molecule has 8 nitrogen and oxygen atoms in total. The first-order valence-electron chi connectivity index (χ1n) is 8.92. The molecule has 0 amide bonds. The summed E-state index contributed by atoms with van der Waals surface area (Å²) >= 11 is 0. The number of nitrogens with zero attached hydrogens (tertiary/aromatic N) is 4. The maximum atomic E-state index is 12.8. The second-order valence-electron chi connectivity index (χ2n) is 6.84. The van der Waals surface area contributed by atoms with Crippen LogP contribution in [0.3, 0.4) is 0 Å². The van der Waals surface area contributed by atoms with Crippen molar-refractivity contribution in [1.82, 2.24) is 18.4 Å². The molecule has 0 saturated carbocycles. The van der Waals surface area contributed by atoms with Gasteiger partial charge in [-0.2, -0.15) is 35.2 Å². The Hall–Kier alpha value is -3.24. The summed E-state index contributed by atoms with van der Waals surface area (Å²) in [5, 5.41) is 7.89. The van der Waals surface area contributed by atoms with Crippen molar-refractivity contribution in [2.24, 2.45) is 0 Å². The molecule has 0 N–H and O–H groups in total. The van der Waals surface area contributed by atoms with E-state index in [9.17, 15) is 16.8 Å². The molecule has 4 rings (SSSR count). The van der Waals surface area contributed by atoms with Crippen LogP contribution in [0.15, 0.2) is 83.1 Å². The minimum absolute atomic E-state index is 0.111. The highest BCUT2D eigenvalue weighted by Gasteiger charge is 2.21. The first-order valence-corrected chi connectivity index (χ1v) is 11.8. The molecule has 0 unspecified atom stereocenters. The summed E-state index contributed by atoms with van der Waals surface area (Å²) in [6, 6.07) is 12.9. The fourth-order valence-corrected chi connectivity index (χ4v) is 5.05. The molecule has 0 aliphatic rings. The highest BCUT2D eigenvalue weighted by molar-refractivity contribution is 7.90. The van der Waals surface area contributed by atoms with Crippen LogP contribution in [0.5, 0.6) is 0 Å². The van der Waals surface area contributed by atoms with Gasteiger partial charge in [0, 0.05) is 11.1 Å². The highest BCUT2D eigenvalue weighted by Crippen LogP contribution is 2.23. The minimum Gasteiger partial charge on any atom is -0.199 e. The highest BCUT2D eigenvalue weighted by atomic mass is 32.2. The van der Waals surface area contributed by atoms with Gasteiger partial charge in [-0.15, -0.1) is 0 Å². The Morgan fingerprint density at radius 3 is 1.27 bits per heavy atom. The lowest BCUT2D eigenvalue weighted by Crippen LogP contribution is -2.13. The molecule has 0 atom stereocenters. The number of benzene rings is 2. The van der Waals surface area contributed by atoms with E-state index in [1.54, 1.807) is 24.3 Å². The second kappa shape index (κ2) is 7.22. The summed E-state index contributed by atoms with van der Waals surface area (Å²) in [4.78, 5) is 0.223. The van der Waals surface area contributed by atoms with Gasteiger partial charge >= 0.3 is 0 Å². The lowest BCUT2D eigenvalue weighted by Gasteiger charge is -2.04. The van der Waals surface area contributed by atoms with Gasteiger partial charge in [0.2, 0.25) is 0 Å². The smallest absolute Gasteiger partial charge is 0.199 e. The van der Waals surface area contributed by atoms with Crippen LogP contribution in [0.25, 0.3) is 11.1 Å². The standard InChI is InChI=1S/C20H18N4O4S2/c1-15-3-7-19(8-4-15)29(25,26)23-13-17(11-21-23)18-12-22-24(14-18)30(27,28)20-9-5-16(2)6-10-20/h3-14H,1-2H3. The number of rotatable bonds is 5. The molecular weight excluding hydrogens is 424 g/mol. The van der Waals surface area contributed by atoms with E-state index in [2.05, 4.69) is 10.2 Å². The Morgan fingerprint density at radius 2 is 0.933 bits per heavy atom. The van der Waals surface area contributed by atoms with Crippen molar-refractivity contribution in [2.75, 3.05) is 0 Å². The van der Waals surface area contributed by atoms with Gasteiger partial charge < -0.3 is 0 Å². The predicted molar refractivity (Wildman–Crippen MR) is 111 cm³/mol. The predicted octanol–water partition coefficient (Wildman–Crippen LogP) is 2.84. The third-order valence-corrected chi connectivity index (χ3v) is 7.70. The lowest BCUT2D eigenvalue weighted by atomic mass is 10.2. The second-order valence-corrected chi connectivity index (χ2v) is 10.4. The van der Waals surface area contributed by atoms with Crippen molar-refractivity contribution in [2.45, 2.75) is 23.6 Å². The number of aryl methyl sites for hydroxylation is 2. The Kier molecular flexibility index (Phi) is 4.83. The SMILES string of the molecule is Cc1ccc(S(=O)(=O)n2cc(-c3cnn(S(=O)(=O)c4ccc(C)cc4)c3)cn2)cc1. The van der Waals surface area contributed by atoms with E-state index in [0.29, 0.717) is 11.1 Å². The molecule has 0 aliphatic carbocycles. The van der Waals surface area contributed by atoms with Gasteiger partial charge in [-0.25, -0.2) is 0 Å². The van der Waals surface area contributed by atoms with Gasteiger partial charge in [-0.3, -0.25) is 0 Å². The van der Waals surface area contributed by atoms with Crippen LogP contribution in [0, 0.1) is 13.8 Å². The van der Waals surface area contributed by atoms with E-state index in [1.807, 2.05) is 13.8 Å². The maximum absolute atomic E-state index is 12.8. The van der Waals surface area contributed by atoms with Gasteiger partial charge in [-0.1, -0.05) is 35.4 Å². The molecule has 0 saturated heterocycles. The molecule has 30 heavy (non-hydrogen) atoms. The Balaban J connectivity index is 1.66. The summed E-state index contributed by atoms with van der Waals surface area (Å²) in [6.45, 7) is 3.73. The molecule has 0 aliphatic heterocycles. The minimum atomic E-state index is -3.85. The fraction of sp³-hybridized carbons (Fsp3) is 0.100. The van der Waals surface area contributed by atoms with Crippen LogP contribution in [0.1, 0.15) is 11.1 Å². The molecule has 0 bridgehead atoms. The van der Waals surface area contributed by atoms with Crippen molar-refractivity contribution >= 4 is 20.0 Å². The van der Waals surface area contributed by atoms with Crippen LogP contribution in [-0.4, -0.2) is 35.2 Å². The third kappa shape index (κ3) is 3.55. The normalized spacial score (nSPS) is 12.2. The third-order valence-electron chi connectivity index (χ3n) is 4.58. The molecular formula is C20H18N4O4S2. The van der Waals surface area contributed by atoms with E-state index in [-0.39, 0.29) is 9.79 Å². The van der Waals surface area contributed by atoms with E-state index in [0.717, 1.165) is 19.3 Å². The van der Waals surface area contributed by atoms with Gasteiger partial charge in [0.15, 0.2) is 0 Å². The Morgan fingerprint density at radius 1 is 0.600 bits per heavy atom. The molecule has 2 aromatic carbocycles. The molecule has 154 valence electrons. The van der Waals surface area contributed by atoms with Crippen molar-refractivity contribution in [3.05, 3.63) is 84.4 Å². The van der Waals surface area contributed by atoms with E-state index >= 15 is 0 Å². The zero-order valence-electron chi connectivity index (χ0n) is 16.2. The van der Waals surface area contributed by atoms with E-state index < -0.39 is 20.0 Å². The zero-order valence-corrected chi connectivity index (χ0v) is 17.8. The van der Waals surface area contributed by atoms with Gasteiger partial charge in [-0.05, 0) is 38.1 Å². The van der Waals surface area contributed by atoms with Crippen molar-refractivity contribution in [1.29, 1.82) is 0 Å². The quantitative estimate of drug-likeness (QED) is 0.471. The summed E-state index contributed by atoms with van der Waals surface area (Å²) in [7, 11) is -7.70. The van der Waals surface area contributed by atoms with Gasteiger partial charge in [0.25, 0.3) is 20.0 Å². The topological polar surface area (TPSA) is 104 Å². The molecule has 2 aromatic heterocycles. The molecule has 0 radical (unpaired) electrons. The number of hydrogen-bond acceptors (Lipinski definition) is 6. The van der Waals surface area contributed by atoms with Crippen molar-refractivity contribution in [3.8, 4) is 11.1 Å². The summed E-state index contributed by atoms with van der Waals surface area (Å²) in [5.74, 6) is 0. The van der Waals surface area contributed by atoms with Gasteiger partial charge in [0.05, 0.1) is 34.6 Å². The van der Waals surface area contributed by atoms with Crippen molar-refractivity contribution < 1.29 is 16.8 Å². The molecule has 0 fully saturated rings. The summed E-state index contributed by atoms with van der Waals surface area (Å²) in [5.41, 5.74) is 2.74. The van der Waals surface area contributed by atoms with E-state index in [4.69, 9.17) is 0 Å². The monoisotopic (exact) mass is 442 g/mol. The first-order chi connectivity index (χ1) is 14.2. The van der Waals surface area contributed by atoms with Crippen molar-refractivity contribution in [3.63, 3.8) is 0 Å². The number of hydrogen-bond donors (Lipinski definition) is 0. The molecule has 0 spiro atoms. The Bertz CT molecular complexity index is 1300. The summed E-state index contributed by atoms with van der Waals surface area (Å²) in [6.07, 6.45) is 5.36. The first kappa shape index (κ1) is 20.0. The number of aromatic nitrogens is 4. The average Bonchev–Trinajstić information content (AvgIpc) is 3.39. The average molecular weight is 443 g/mol. The van der Waals surface area contributed by atoms with E-state index in [1.165, 1.54) is 49.1 Å². The van der Waals surface area contributed by atoms with Crippen LogP contribution in [-0.2, 0) is 20.0 Å². The maximum Gasteiger partial charge on any atom is 0.282 e. The van der Waals surface area contributed by atoms with Gasteiger partial charge in [0.1, 0.15) is 0 Å². The summed E-state index contributed by atoms with van der Waals surface area (Å²) < 4.78 is 52.7. The van der Waals surface area contributed by atoms with Crippen LogP contribution < -0.4 is 0 Å². The lowest BCUT2D eigenvalue weighted by molar-refractivity contribution is 0.578. The van der Waals surface area contributed by atoms with Crippen LogP contribution in [0.2, 0.25) is 0 Å². The zero-order chi connectivity index (χ0) is 21.5. The molecule has 10 heteroatoms. The molecule has 4 aromatic rings. The van der Waals surface area contributed by atoms with Crippen LogP contribution in [0.4, 0.5) is 0 Å². The van der Waals surface area contributed by atoms with Crippen LogP contribution >= 0.6 is 0 Å². The fourth-order valence-electron chi connectivity index (χ4n) is 2.81.